The number of hydrogen-bond acceptors (Lipinski definition) is 2. The first-order valence-electron chi connectivity index (χ1n) is 4.05. The fourth-order valence-electron chi connectivity index (χ4n) is 1.41. The van der Waals surface area contributed by atoms with Gasteiger partial charge in [-0.05, 0) is 39.0 Å². The molecular formula is C10H7BrO2S. The maximum absolute atomic E-state index is 10.6. The highest BCUT2D eigenvalue weighted by Gasteiger charge is 2.07. The number of carboxylic acids is 1. The minimum Gasteiger partial charge on any atom is -0.481 e. The van der Waals surface area contributed by atoms with Crippen LogP contribution in [0.1, 0.15) is 5.56 Å². The molecule has 0 aliphatic carbocycles. The number of hydrogen-bond donors (Lipinski definition) is 1. The summed E-state index contributed by atoms with van der Waals surface area (Å²) in [5.74, 6) is -0.792. The van der Waals surface area contributed by atoms with Crippen LogP contribution in [0.25, 0.3) is 10.1 Å². The van der Waals surface area contributed by atoms with Crippen LogP contribution in [0.15, 0.2) is 28.1 Å². The summed E-state index contributed by atoms with van der Waals surface area (Å²) >= 11 is 5.01. The Morgan fingerprint density at radius 2 is 2.29 bits per heavy atom. The molecule has 1 aromatic heterocycles. The van der Waals surface area contributed by atoms with Gasteiger partial charge in [-0.3, -0.25) is 4.79 Å². The topological polar surface area (TPSA) is 37.3 Å². The Hall–Kier alpha value is -0.870. The van der Waals surface area contributed by atoms with E-state index in [4.69, 9.17) is 5.11 Å². The highest BCUT2D eigenvalue weighted by Crippen LogP contribution is 2.31. The third-order valence-electron chi connectivity index (χ3n) is 1.96. The van der Waals surface area contributed by atoms with Crippen molar-refractivity contribution in [2.45, 2.75) is 6.42 Å². The van der Waals surface area contributed by atoms with Crippen LogP contribution in [0.2, 0.25) is 0 Å². The monoisotopic (exact) mass is 270 g/mol. The minimum absolute atomic E-state index is 0.0838. The summed E-state index contributed by atoms with van der Waals surface area (Å²) in [4.78, 5) is 10.6. The Labute approximate surface area is 93.3 Å². The van der Waals surface area contributed by atoms with E-state index in [1.165, 1.54) is 0 Å². The fraction of sp³-hybridized carbons (Fsp3) is 0.100. The van der Waals surface area contributed by atoms with Crippen molar-refractivity contribution in [3.63, 3.8) is 0 Å². The zero-order chi connectivity index (χ0) is 10.1. The molecule has 14 heavy (non-hydrogen) atoms. The van der Waals surface area contributed by atoms with E-state index in [0.717, 1.165) is 19.4 Å². The summed E-state index contributed by atoms with van der Waals surface area (Å²) in [5.41, 5.74) is 0.872. The van der Waals surface area contributed by atoms with Crippen molar-refractivity contribution < 1.29 is 9.90 Å². The van der Waals surface area contributed by atoms with E-state index >= 15 is 0 Å². The lowest BCUT2D eigenvalue weighted by Gasteiger charge is -1.98. The van der Waals surface area contributed by atoms with Gasteiger partial charge in [0.25, 0.3) is 0 Å². The summed E-state index contributed by atoms with van der Waals surface area (Å²) in [6.07, 6.45) is 0.0838. The second-order valence-electron chi connectivity index (χ2n) is 2.95. The number of carboxylic acid groups (broad SMARTS) is 1. The van der Waals surface area contributed by atoms with Crippen LogP contribution in [-0.2, 0) is 11.2 Å². The van der Waals surface area contributed by atoms with E-state index in [2.05, 4.69) is 15.9 Å². The Kier molecular flexibility index (Phi) is 2.56. The predicted octanol–water partition coefficient (Wildman–Crippen LogP) is 3.29. The predicted molar refractivity (Wildman–Crippen MR) is 60.9 cm³/mol. The molecule has 0 unspecified atom stereocenters. The number of thiophene rings is 1. The van der Waals surface area contributed by atoms with E-state index in [9.17, 15) is 4.79 Å². The summed E-state index contributed by atoms with van der Waals surface area (Å²) < 4.78 is 2.15. The first-order valence-corrected chi connectivity index (χ1v) is 5.66. The van der Waals surface area contributed by atoms with Crippen molar-refractivity contribution in [1.82, 2.24) is 0 Å². The molecule has 0 fully saturated rings. The van der Waals surface area contributed by atoms with Gasteiger partial charge >= 0.3 is 5.97 Å². The molecule has 72 valence electrons. The van der Waals surface area contributed by atoms with Gasteiger partial charge in [0.05, 0.1) is 10.2 Å². The molecular weight excluding hydrogens is 264 g/mol. The third kappa shape index (κ3) is 1.81. The molecule has 0 amide bonds. The van der Waals surface area contributed by atoms with E-state index < -0.39 is 5.97 Å². The average molecular weight is 271 g/mol. The molecule has 2 nitrogen and oxygen atoms in total. The SMILES string of the molecule is O=C(O)Cc1cccc2sc(Br)cc12. The first kappa shape index (κ1) is 9.68. The van der Waals surface area contributed by atoms with Crippen molar-refractivity contribution in [2.75, 3.05) is 0 Å². The van der Waals surface area contributed by atoms with Gasteiger partial charge in [0.1, 0.15) is 0 Å². The van der Waals surface area contributed by atoms with E-state index in [1.54, 1.807) is 11.3 Å². The summed E-state index contributed by atoms with van der Waals surface area (Å²) in [6.45, 7) is 0. The van der Waals surface area contributed by atoms with Gasteiger partial charge in [0, 0.05) is 4.70 Å². The number of aliphatic carboxylic acids is 1. The Morgan fingerprint density at radius 3 is 3.00 bits per heavy atom. The zero-order valence-electron chi connectivity index (χ0n) is 7.16. The number of benzene rings is 1. The molecule has 2 aromatic rings. The zero-order valence-corrected chi connectivity index (χ0v) is 9.56. The average Bonchev–Trinajstić information content (AvgIpc) is 2.45. The third-order valence-corrected chi connectivity index (χ3v) is 3.57. The molecule has 0 bridgehead atoms. The number of rotatable bonds is 2. The molecule has 1 N–H and O–H groups in total. The number of halogens is 1. The van der Waals surface area contributed by atoms with E-state index in [1.807, 2.05) is 24.3 Å². The highest BCUT2D eigenvalue weighted by molar-refractivity contribution is 9.11. The van der Waals surface area contributed by atoms with Crippen LogP contribution in [-0.4, -0.2) is 11.1 Å². The summed E-state index contributed by atoms with van der Waals surface area (Å²) in [6, 6.07) is 7.72. The smallest absolute Gasteiger partial charge is 0.307 e. The molecule has 2 rings (SSSR count). The minimum atomic E-state index is -0.792. The lowest BCUT2D eigenvalue weighted by Crippen LogP contribution is -1.99. The molecule has 0 spiro atoms. The standard InChI is InChI=1S/C10H7BrO2S/c11-9-5-7-6(4-10(12)13)2-1-3-8(7)14-9/h1-3,5H,4H2,(H,12,13). The lowest BCUT2D eigenvalue weighted by atomic mass is 10.1. The molecule has 4 heteroatoms. The van der Waals surface area contributed by atoms with Gasteiger partial charge in [-0.15, -0.1) is 11.3 Å². The fourth-order valence-corrected chi connectivity index (χ4v) is 2.99. The summed E-state index contributed by atoms with van der Waals surface area (Å²) in [7, 11) is 0. The van der Waals surface area contributed by atoms with Crippen LogP contribution in [0.4, 0.5) is 0 Å². The molecule has 0 saturated heterocycles. The molecule has 0 aliphatic rings. The van der Waals surface area contributed by atoms with Crippen LogP contribution >= 0.6 is 27.3 Å². The van der Waals surface area contributed by atoms with Gasteiger partial charge in [-0.2, -0.15) is 0 Å². The first-order chi connectivity index (χ1) is 6.66. The van der Waals surface area contributed by atoms with Gasteiger partial charge in [0.2, 0.25) is 0 Å². The van der Waals surface area contributed by atoms with Crippen LogP contribution in [0, 0.1) is 0 Å². The van der Waals surface area contributed by atoms with Crippen molar-refractivity contribution in [3.8, 4) is 0 Å². The molecule has 0 atom stereocenters. The maximum Gasteiger partial charge on any atom is 0.307 e. The highest BCUT2D eigenvalue weighted by atomic mass is 79.9. The van der Waals surface area contributed by atoms with Crippen molar-refractivity contribution in [1.29, 1.82) is 0 Å². The van der Waals surface area contributed by atoms with Crippen LogP contribution in [0.5, 0.6) is 0 Å². The molecule has 1 heterocycles. The van der Waals surface area contributed by atoms with Gasteiger partial charge in [-0.1, -0.05) is 12.1 Å². The van der Waals surface area contributed by atoms with Crippen molar-refractivity contribution in [3.05, 3.63) is 33.6 Å². The quantitative estimate of drug-likeness (QED) is 0.910. The Balaban J connectivity index is 2.58. The molecule has 0 radical (unpaired) electrons. The van der Waals surface area contributed by atoms with E-state index in [-0.39, 0.29) is 6.42 Å². The second-order valence-corrected chi connectivity index (χ2v) is 5.41. The summed E-state index contributed by atoms with van der Waals surface area (Å²) in [5, 5.41) is 9.76. The number of carbonyl (C=O) groups is 1. The maximum atomic E-state index is 10.6. The van der Waals surface area contributed by atoms with Crippen molar-refractivity contribution >= 4 is 43.3 Å². The van der Waals surface area contributed by atoms with E-state index in [0.29, 0.717) is 0 Å². The Bertz CT molecular complexity index is 490. The van der Waals surface area contributed by atoms with Crippen molar-refractivity contribution in [2.24, 2.45) is 0 Å². The molecule has 1 aromatic carbocycles. The number of fused-ring (bicyclic) bond motifs is 1. The van der Waals surface area contributed by atoms with Crippen LogP contribution in [0.3, 0.4) is 0 Å². The van der Waals surface area contributed by atoms with Crippen LogP contribution < -0.4 is 0 Å². The largest absolute Gasteiger partial charge is 0.481 e. The van der Waals surface area contributed by atoms with Gasteiger partial charge < -0.3 is 5.11 Å². The Morgan fingerprint density at radius 1 is 1.50 bits per heavy atom. The lowest BCUT2D eigenvalue weighted by molar-refractivity contribution is -0.136. The normalized spacial score (nSPS) is 10.6. The molecule has 0 aliphatic heterocycles. The second kappa shape index (κ2) is 3.71. The molecule has 0 saturated carbocycles. The van der Waals surface area contributed by atoms with Gasteiger partial charge in [0.15, 0.2) is 0 Å². The van der Waals surface area contributed by atoms with Gasteiger partial charge in [-0.25, -0.2) is 0 Å².